The van der Waals surface area contributed by atoms with E-state index in [1.807, 2.05) is 31.2 Å². The fourth-order valence-corrected chi connectivity index (χ4v) is 2.56. The topological polar surface area (TPSA) is 26.0 Å². The van der Waals surface area contributed by atoms with Gasteiger partial charge in [0.1, 0.15) is 11.6 Å². The third-order valence-electron chi connectivity index (χ3n) is 2.87. The Morgan fingerprint density at radius 2 is 1.79 bits per heavy atom. The molecule has 0 aliphatic carbocycles. The molecule has 2 aromatic rings. The first kappa shape index (κ1) is 14.0. The van der Waals surface area contributed by atoms with Gasteiger partial charge in [0, 0.05) is 10.9 Å². The summed E-state index contributed by atoms with van der Waals surface area (Å²) in [6.45, 7) is 2.02. The van der Waals surface area contributed by atoms with Crippen molar-refractivity contribution < 1.29 is 8.78 Å². The van der Waals surface area contributed by atoms with Crippen LogP contribution in [0.4, 0.5) is 8.78 Å². The molecule has 0 heterocycles. The van der Waals surface area contributed by atoms with Crippen LogP contribution in [-0.2, 0) is 0 Å². The van der Waals surface area contributed by atoms with Crippen LogP contribution in [0.5, 0.6) is 0 Å². The Hall–Kier alpha value is -1.39. The second kappa shape index (κ2) is 6.17. The van der Waals surface area contributed by atoms with Gasteiger partial charge in [-0.3, -0.25) is 0 Å². The van der Waals surface area contributed by atoms with Crippen molar-refractivity contribution in [3.63, 3.8) is 0 Å². The van der Waals surface area contributed by atoms with E-state index >= 15 is 0 Å². The Kier molecular flexibility index (Phi) is 4.56. The molecule has 0 aliphatic heterocycles. The SMILES string of the molecule is CC[C@H](N)c1ccc(Sc2cc(F)ccc2F)cc1. The maximum Gasteiger partial charge on any atom is 0.137 e. The van der Waals surface area contributed by atoms with Crippen LogP contribution >= 0.6 is 11.8 Å². The van der Waals surface area contributed by atoms with Crippen LogP contribution in [-0.4, -0.2) is 0 Å². The van der Waals surface area contributed by atoms with E-state index in [-0.39, 0.29) is 10.9 Å². The van der Waals surface area contributed by atoms with Gasteiger partial charge >= 0.3 is 0 Å². The normalized spacial score (nSPS) is 12.4. The summed E-state index contributed by atoms with van der Waals surface area (Å²) in [5.41, 5.74) is 6.97. The molecule has 0 unspecified atom stereocenters. The van der Waals surface area contributed by atoms with Crippen LogP contribution in [0.2, 0.25) is 0 Å². The molecule has 0 aromatic heterocycles. The lowest BCUT2D eigenvalue weighted by molar-refractivity contribution is 0.577. The molecule has 2 rings (SSSR count). The van der Waals surface area contributed by atoms with Gasteiger partial charge in [-0.15, -0.1) is 0 Å². The Balaban J connectivity index is 2.17. The highest BCUT2D eigenvalue weighted by atomic mass is 32.2. The molecule has 100 valence electrons. The van der Waals surface area contributed by atoms with Crippen molar-refractivity contribution in [3.05, 3.63) is 59.7 Å². The van der Waals surface area contributed by atoms with Gasteiger partial charge in [-0.2, -0.15) is 0 Å². The largest absolute Gasteiger partial charge is 0.324 e. The van der Waals surface area contributed by atoms with Crippen molar-refractivity contribution >= 4 is 11.8 Å². The molecule has 1 nitrogen and oxygen atoms in total. The van der Waals surface area contributed by atoms with E-state index in [1.165, 1.54) is 17.8 Å². The molecule has 0 fully saturated rings. The standard InChI is InChI=1S/C15H15F2NS/c1-2-14(18)10-3-6-12(7-4-10)19-15-9-11(16)5-8-13(15)17/h3-9,14H,2,18H2,1H3/t14-/m0/s1. The summed E-state index contributed by atoms with van der Waals surface area (Å²) in [4.78, 5) is 1.14. The van der Waals surface area contributed by atoms with Crippen molar-refractivity contribution in [3.8, 4) is 0 Å². The number of benzene rings is 2. The lowest BCUT2D eigenvalue weighted by Crippen LogP contribution is -2.07. The lowest BCUT2D eigenvalue weighted by Gasteiger charge is -2.10. The van der Waals surface area contributed by atoms with Gasteiger partial charge < -0.3 is 5.73 Å². The summed E-state index contributed by atoms with van der Waals surface area (Å²) in [5, 5.41) is 0. The van der Waals surface area contributed by atoms with Crippen molar-refractivity contribution in [1.29, 1.82) is 0 Å². The van der Waals surface area contributed by atoms with Gasteiger partial charge in [0.25, 0.3) is 0 Å². The zero-order valence-corrected chi connectivity index (χ0v) is 11.4. The number of nitrogens with two attached hydrogens (primary N) is 1. The van der Waals surface area contributed by atoms with E-state index in [2.05, 4.69) is 0 Å². The Morgan fingerprint density at radius 3 is 2.42 bits per heavy atom. The highest BCUT2D eigenvalue weighted by Gasteiger charge is 2.07. The van der Waals surface area contributed by atoms with E-state index < -0.39 is 11.6 Å². The van der Waals surface area contributed by atoms with Crippen LogP contribution in [0.25, 0.3) is 0 Å². The zero-order valence-electron chi connectivity index (χ0n) is 10.6. The Labute approximate surface area is 115 Å². The zero-order chi connectivity index (χ0) is 13.8. The minimum absolute atomic E-state index is 0.0185. The molecule has 0 spiro atoms. The molecule has 0 saturated carbocycles. The lowest BCUT2D eigenvalue weighted by atomic mass is 10.1. The van der Waals surface area contributed by atoms with Crippen molar-refractivity contribution in [2.45, 2.75) is 29.2 Å². The fourth-order valence-electron chi connectivity index (χ4n) is 1.70. The summed E-state index contributed by atoms with van der Waals surface area (Å²) in [7, 11) is 0. The summed E-state index contributed by atoms with van der Waals surface area (Å²) < 4.78 is 26.6. The predicted octanol–water partition coefficient (Wildman–Crippen LogP) is 4.53. The van der Waals surface area contributed by atoms with Crippen molar-refractivity contribution in [1.82, 2.24) is 0 Å². The van der Waals surface area contributed by atoms with E-state index in [9.17, 15) is 8.78 Å². The first-order valence-electron chi connectivity index (χ1n) is 6.08. The molecule has 0 amide bonds. The van der Waals surface area contributed by atoms with Crippen LogP contribution in [0, 0.1) is 11.6 Å². The monoisotopic (exact) mass is 279 g/mol. The third-order valence-corrected chi connectivity index (χ3v) is 3.91. The fraction of sp³-hybridized carbons (Fsp3) is 0.200. The van der Waals surface area contributed by atoms with Gasteiger partial charge in [0.05, 0.1) is 4.90 Å². The number of halogens is 2. The molecule has 4 heteroatoms. The minimum atomic E-state index is -0.437. The van der Waals surface area contributed by atoms with Gasteiger partial charge in [-0.1, -0.05) is 30.8 Å². The van der Waals surface area contributed by atoms with Gasteiger partial charge in [0.2, 0.25) is 0 Å². The van der Waals surface area contributed by atoms with Crippen LogP contribution in [0.15, 0.2) is 52.3 Å². The number of hydrogen-bond donors (Lipinski definition) is 1. The minimum Gasteiger partial charge on any atom is -0.324 e. The van der Waals surface area contributed by atoms with E-state index in [4.69, 9.17) is 5.73 Å². The predicted molar refractivity (Wildman–Crippen MR) is 74.1 cm³/mol. The summed E-state index contributed by atoms with van der Waals surface area (Å²) >= 11 is 1.20. The second-order valence-corrected chi connectivity index (χ2v) is 5.38. The molecule has 0 saturated heterocycles. The average Bonchev–Trinajstić information content (AvgIpc) is 2.43. The second-order valence-electron chi connectivity index (χ2n) is 4.26. The Bertz CT molecular complexity index is 555. The van der Waals surface area contributed by atoms with Crippen LogP contribution in [0.1, 0.15) is 24.9 Å². The third kappa shape index (κ3) is 3.55. The maximum atomic E-state index is 13.5. The molecule has 0 bridgehead atoms. The van der Waals surface area contributed by atoms with Crippen molar-refractivity contribution in [2.24, 2.45) is 5.73 Å². The number of hydrogen-bond acceptors (Lipinski definition) is 2. The average molecular weight is 279 g/mol. The maximum absolute atomic E-state index is 13.5. The number of rotatable bonds is 4. The van der Waals surface area contributed by atoms with E-state index in [1.54, 1.807) is 0 Å². The summed E-state index contributed by atoms with van der Waals surface area (Å²) in [6.07, 6.45) is 0.866. The highest BCUT2D eigenvalue weighted by Crippen LogP contribution is 2.31. The molecule has 2 N–H and O–H groups in total. The first-order valence-corrected chi connectivity index (χ1v) is 6.90. The van der Waals surface area contributed by atoms with Gasteiger partial charge in [-0.25, -0.2) is 8.78 Å². The molecule has 2 aromatic carbocycles. The molecule has 0 radical (unpaired) electrons. The smallest absolute Gasteiger partial charge is 0.137 e. The quantitative estimate of drug-likeness (QED) is 0.890. The summed E-state index contributed by atoms with van der Waals surface area (Å²) in [6, 6.07) is 11.1. The molecular weight excluding hydrogens is 264 g/mol. The van der Waals surface area contributed by atoms with E-state index in [0.717, 1.165) is 29.0 Å². The van der Waals surface area contributed by atoms with Gasteiger partial charge in [-0.05, 0) is 42.3 Å². The molecule has 19 heavy (non-hydrogen) atoms. The molecule has 0 aliphatic rings. The highest BCUT2D eigenvalue weighted by molar-refractivity contribution is 7.99. The van der Waals surface area contributed by atoms with Crippen molar-refractivity contribution in [2.75, 3.05) is 0 Å². The molecule has 1 atom stereocenters. The molecular formula is C15H15F2NS. The first-order chi connectivity index (χ1) is 9.10. The Morgan fingerprint density at radius 1 is 1.11 bits per heavy atom. The summed E-state index contributed by atoms with van der Waals surface area (Å²) in [5.74, 6) is -0.853. The van der Waals surface area contributed by atoms with Gasteiger partial charge in [0.15, 0.2) is 0 Å². The van der Waals surface area contributed by atoms with Crippen LogP contribution in [0.3, 0.4) is 0 Å². The van der Waals surface area contributed by atoms with Crippen LogP contribution < -0.4 is 5.73 Å². The van der Waals surface area contributed by atoms with E-state index in [0.29, 0.717) is 0 Å².